The average molecular weight is 467 g/mol. The Morgan fingerprint density at radius 1 is 1.13 bits per heavy atom. The second-order valence-electron chi connectivity index (χ2n) is 6.48. The second kappa shape index (κ2) is 8.56. The molecule has 0 aliphatic rings. The summed E-state index contributed by atoms with van der Waals surface area (Å²) < 4.78 is 49.9. The zero-order valence-electron chi connectivity index (χ0n) is 16.0. The Balaban J connectivity index is 1.60. The Labute approximate surface area is 183 Å². The lowest BCUT2D eigenvalue weighted by Crippen LogP contribution is -2.24. The predicted molar refractivity (Wildman–Crippen MR) is 110 cm³/mol. The highest BCUT2D eigenvalue weighted by atomic mass is 35.5. The molecule has 0 aliphatic heterocycles. The summed E-state index contributed by atoms with van der Waals surface area (Å²) in [4.78, 5) is 16.8. The molecule has 0 unspecified atom stereocenters. The highest BCUT2D eigenvalue weighted by molar-refractivity contribution is 7.13. The van der Waals surface area contributed by atoms with Crippen molar-refractivity contribution in [1.82, 2.24) is 19.3 Å². The number of halogens is 4. The van der Waals surface area contributed by atoms with Crippen molar-refractivity contribution in [2.75, 3.05) is 0 Å². The van der Waals surface area contributed by atoms with Gasteiger partial charge in [0.15, 0.2) is 11.6 Å². The van der Waals surface area contributed by atoms with Crippen LogP contribution in [0.4, 0.5) is 13.2 Å². The third kappa shape index (κ3) is 4.21. The standard InChI is InChI=1S/C20H14ClF3N4O2S/c1-11-19(31-18(8-21)26-11)30-17-6-5-12(7-16(17)24)28-20(29)27(10-25-28)9-13-14(22)3-2-4-15(13)23/h2-7,10H,8-9H2,1H3. The Bertz CT molecular complexity index is 1300. The molecule has 160 valence electrons. The molecule has 0 spiro atoms. The highest BCUT2D eigenvalue weighted by Crippen LogP contribution is 2.33. The van der Waals surface area contributed by atoms with Crippen LogP contribution in [0, 0.1) is 24.4 Å². The van der Waals surface area contributed by atoms with E-state index in [0.717, 1.165) is 33.8 Å². The molecule has 0 fully saturated rings. The van der Waals surface area contributed by atoms with Crippen molar-refractivity contribution in [2.45, 2.75) is 19.3 Å². The molecular weight excluding hydrogens is 453 g/mol. The second-order valence-corrected chi connectivity index (χ2v) is 7.80. The molecule has 6 nitrogen and oxygen atoms in total. The molecule has 0 saturated heterocycles. The number of aromatic nitrogens is 4. The molecule has 2 aromatic carbocycles. The van der Waals surface area contributed by atoms with Crippen LogP contribution in [0.25, 0.3) is 5.69 Å². The SMILES string of the molecule is Cc1nc(CCl)sc1Oc1ccc(-n2ncn(Cc3c(F)cccc3F)c2=O)cc1F. The van der Waals surface area contributed by atoms with E-state index in [1.165, 1.54) is 29.5 Å². The van der Waals surface area contributed by atoms with E-state index < -0.39 is 23.1 Å². The normalized spacial score (nSPS) is 11.1. The molecule has 2 aromatic heterocycles. The third-order valence-corrected chi connectivity index (χ3v) is 5.85. The largest absolute Gasteiger partial charge is 0.442 e. The van der Waals surface area contributed by atoms with E-state index in [1.807, 2.05) is 0 Å². The Kier molecular flexibility index (Phi) is 5.84. The maximum absolute atomic E-state index is 14.6. The van der Waals surface area contributed by atoms with Crippen LogP contribution in [0.1, 0.15) is 16.3 Å². The molecule has 0 saturated carbocycles. The smallest absolute Gasteiger partial charge is 0.350 e. The summed E-state index contributed by atoms with van der Waals surface area (Å²) in [6, 6.07) is 7.31. The van der Waals surface area contributed by atoms with Crippen molar-refractivity contribution in [3.8, 4) is 16.5 Å². The summed E-state index contributed by atoms with van der Waals surface area (Å²) in [6.45, 7) is 1.37. The van der Waals surface area contributed by atoms with Crippen LogP contribution in [0.15, 0.2) is 47.5 Å². The minimum Gasteiger partial charge on any atom is -0.442 e. The van der Waals surface area contributed by atoms with Gasteiger partial charge in [0, 0.05) is 11.6 Å². The van der Waals surface area contributed by atoms with Crippen molar-refractivity contribution in [1.29, 1.82) is 0 Å². The van der Waals surface area contributed by atoms with Gasteiger partial charge in [-0.05, 0) is 31.2 Å². The quantitative estimate of drug-likeness (QED) is 0.383. The fraction of sp³-hybridized carbons (Fsp3) is 0.150. The first-order valence-electron chi connectivity index (χ1n) is 8.94. The molecule has 2 heterocycles. The molecule has 0 N–H and O–H groups in total. The third-order valence-electron chi connectivity index (χ3n) is 4.40. The number of nitrogens with zero attached hydrogens (tertiary/aromatic N) is 4. The molecule has 4 rings (SSSR count). The summed E-state index contributed by atoms with van der Waals surface area (Å²) in [5.41, 5.74) is -0.236. The van der Waals surface area contributed by atoms with Crippen LogP contribution in [0.2, 0.25) is 0 Å². The first kappa shape index (κ1) is 21.1. The van der Waals surface area contributed by atoms with Gasteiger partial charge in [-0.2, -0.15) is 9.78 Å². The highest BCUT2D eigenvalue weighted by Gasteiger charge is 2.16. The molecule has 11 heteroatoms. The van der Waals surface area contributed by atoms with Gasteiger partial charge >= 0.3 is 5.69 Å². The molecule has 31 heavy (non-hydrogen) atoms. The molecule has 0 amide bonds. The van der Waals surface area contributed by atoms with E-state index >= 15 is 0 Å². The van der Waals surface area contributed by atoms with Gasteiger partial charge in [0.05, 0.1) is 23.8 Å². The summed E-state index contributed by atoms with van der Waals surface area (Å²) in [7, 11) is 0. The van der Waals surface area contributed by atoms with Crippen molar-refractivity contribution < 1.29 is 17.9 Å². The number of aryl methyl sites for hydroxylation is 1. The van der Waals surface area contributed by atoms with Crippen molar-refractivity contribution in [2.24, 2.45) is 0 Å². The number of alkyl halides is 1. The lowest BCUT2D eigenvalue weighted by atomic mass is 10.2. The average Bonchev–Trinajstić information content (AvgIpc) is 3.28. The fourth-order valence-electron chi connectivity index (χ4n) is 2.87. The summed E-state index contributed by atoms with van der Waals surface area (Å²) in [5.74, 6) is -2.11. The Morgan fingerprint density at radius 2 is 1.87 bits per heavy atom. The van der Waals surface area contributed by atoms with Crippen LogP contribution < -0.4 is 10.4 Å². The molecule has 0 aliphatic carbocycles. The lowest BCUT2D eigenvalue weighted by Gasteiger charge is -2.07. The maximum atomic E-state index is 14.6. The molecule has 0 atom stereocenters. The van der Waals surface area contributed by atoms with Crippen molar-refractivity contribution in [3.05, 3.63) is 86.9 Å². The summed E-state index contributed by atoms with van der Waals surface area (Å²) in [6.07, 6.45) is 1.13. The van der Waals surface area contributed by atoms with E-state index in [-0.39, 0.29) is 29.4 Å². The topological polar surface area (TPSA) is 61.9 Å². The number of hydrogen-bond acceptors (Lipinski definition) is 5. The minimum absolute atomic E-state index is 0.0578. The first-order chi connectivity index (χ1) is 14.9. The van der Waals surface area contributed by atoms with E-state index in [9.17, 15) is 18.0 Å². The summed E-state index contributed by atoms with van der Waals surface area (Å²) >= 11 is 6.96. The number of ether oxygens (including phenoxy) is 1. The van der Waals surface area contributed by atoms with Gasteiger partial charge in [-0.25, -0.2) is 22.9 Å². The predicted octanol–water partition coefficient (Wildman–Crippen LogP) is 4.80. The number of hydrogen-bond donors (Lipinski definition) is 0. The van der Waals surface area contributed by atoms with Crippen molar-refractivity contribution in [3.63, 3.8) is 0 Å². The van der Waals surface area contributed by atoms with Crippen LogP contribution in [0.3, 0.4) is 0 Å². The van der Waals surface area contributed by atoms with Gasteiger partial charge in [0.2, 0.25) is 5.06 Å². The number of benzene rings is 2. The van der Waals surface area contributed by atoms with Crippen LogP contribution >= 0.6 is 22.9 Å². The maximum Gasteiger partial charge on any atom is 0.350 e. The van der Waals surface area contributed by atoms with Gasteiger partial charge in [-0.1, -0.05) is 17.4 Å². The van der Waals surface area contributed by atoms with Gasteiger partial charge in [-0.3, -0.25) is 4.57 Å². The van der Waals surface area contributed by atoms with E-state index in [0.29, 0.717) is 15.8 Å². The fourth-order valence-corrected chi connectivity index (χ4v) is 3.87. The molecule has 0 radical (unpaired) electrons. The van der Waals surface area contributed by atoms with E-state index in [1.54, 1.807) is 6.92 Å². The molecular formula is C20H14ClF3N4O2S. The van der Waals surface area contributed by atoms with E-state index in [4.69, 9.17) is 16.3 Å². The zero-order valence-corrected chi connectivity index (χ0v) is 17.6. The first-order valence-corrected chi connectivity index (χ1v) is 10.3. The lowest BCUT2D eigenvalue weighted by molar-refractivity contribution is 0.448. The Morgan fingerprint density at radius 3 is 2.52 bits per heavy atom. The van der Waals surface area contributed by atoms with Gasteiger partial charge in [0.25, 0.3) is 0 Å². The van der Waals surface area contributed by atoms with Crippen LogP contribution in [0.5, 0.6) is 10.8 Å². The monoisotopic (exact) mass is 466 g/mol. The number of rotatable bonds is 6. The van der Waals surface area contributed by atoms with Crippen molar-refractivity contribution >= 4 is 22.9 Å². The number of thiazole rings is 1. The van der Waals surface area contributed by atoms with Gasteiger partial charge in [-0.15, -0.1) is 11.6 Å². The van der Waals surface area contributed by atoms with Crippen LogP contribution in [-0.4, -0.2) is 19.3 Å². The Hall–Kier alpha value is -3.11. The van der Waals surface area contributed by atoms with Crippen LogP contribution in [-0.2, 0) is 12.4 Å². The van der Waals surface area contributed by atoms with Gasteiger partial charge in [0.1, 0.15) is 23.0 Å². The molecule has 0 bridgehead atoms. The molecule has 4 aromatic rings. The summed E-state index contributed by atoms with van der Waals surface area (Å²) in [5, 5.41) is 4.98. The van der Waals surface area contributed by atoms with E-state index in [2.05, 4.69) is 10.1 Å². The zero-order chi connectivity index (χ0) is 22.1. The van der Waals surface area contributed by atoms with Gasteiger partial charge < -0.3 is 4.74 Å². The minimum atomic E-state index is -0.775.